The third kappa shape index (κ3) is 2.75. The molecule has 6 heteroatoms. The van der Waals surface area contributed by atoms with E-state index in [1.165, 1.54) is 6.07 Å². The van der Waals surface area contributed by atoms with Crippen LogP contribution < -0.4 is 0 Å². The van der Waals surface area contributed by atoms with Crippen LogP contribution in [-0.4, -0.2) is 16.0 Å². The number of nitrogens with zero attached hydrogens (tertiary/aromatic N) is 1. The predicted molar refractivity (Wildman–Crippen MR) is 68.7 cm³/mol. The summed E-state index contributed by atoms with van der Waals surface area (Å²) < 4.78 is 0.819. The van der Waals surface area contributed by atoms with Crippen LogP contribution in [-0.2, 0) is 0 Å². The molecule has 1 aromatic carbocycles. The van der Waals surface area contributed by atoms with Crippen LogP contribution in [0.25, 0.3) is 0 Å². The van der Waals surface area contributed by atoms with Crippen LogP contribution in [0.3, 0.4) is 0 Å². The number of nitro benzene ring substituents is 1. The minimum Gasteiger partial charge on any atom is -0.293 e. The zero-order valence-electron chi connectivity index (χ0n) is 7.79. The Morgan fingerprint density at radius 2 is 2.20 bits per heavy atom. The van der Waals surface area contributed by atoms with Crippen LogP contribution in [0.4, 0.5) is 5.69 Å². The van der Waals surface area contributed by atoms with Crippen LogP contribution in [0.15, 0.2) is 12.1 Å². The highest BCUT2D eigenvalue weighted by Gasteiger charge is 2.22. The van der Waals surface area contributed by atoms with Crippen LogP contribution in [0.1, 0.15) is 15.9 Å². The van der Waals surface area contributed by atoms with Crippen LogP contribution in [0.2, 0.25) is 0 Å². The average molecular weight is 384 g/mol. The lowest BCUT2D eigenvalue weighted by atomic mass is 10.1. The summed E-state index contributed by atoms with van der Waals surface area (Å²) in [6.45, 7) is 1.63. The van der Waals surface area contributed by atoms with Gasteiger partial charge in [-0.2, -0.15) is 0 Å². The van der Waals surface area contributed by atoms with E-state index in [0.717, 1.165) is 3.57 Å². The van der Waals surface area contributed by atoms with Gasteiger partial charge in [0.1, 0.15) is 0 Å². The predicted octanol–water partition coefficient (Wildman–Crippen LogP) is 3.09. The molecule has 0 saturated heterocycles. The molecule has 0 heterocycles. The monoisotopic (exact) mass is 383 g/mol. The largest absolute Gasteiger partial charge is 0.293 e. The minimum absolute atomic E-state index is 0.0906. The SMILES string of the molecule is Cc1cc(I)cc(C(=O)CBr)c1[N+](=O)[O-]. The standard InChI is InChI=1S/C9H7BrINO3/c1-5-2-6(11)3-7(8(13)4-10)9(5)12(14)15/h2-3H,4H2,1H3. The van der Waals surface area contributed by atoms with E-state index in [-0.39, 0.29) is 22.4 Å². The number of benzene rings is 1. The number of alkyl halides is 1. The van der Waals surface area contributed by atoms with Crippen LogP contribution >= 0.6 is 38.5 Å². The number of carbonyl (C=O) groups excluding carboxylic acids is 1. The third-order valence-corrected chi connectivity index (χ3v) is 3.00. The fraction of sp³-hybridized carbons (Fsp3) is 0.222. The van der Waals surface area contributed by atoms with E-state index in [2.05, 4.69) is 15.9 Å². The number of halogens is 2. The van der Waals surface area contributed by atoms with E-state index in [4.69, 9.17) is 0 Å². The van der Waals surface area contributed by atoms with Gasteiger partial charge >= 0.3 is 0 Å². The molecular formula is C9H7BrINO3. The van der Waals surface area contributed by atoms with Gasteiger partial charge in [-0.15, -0.1) is 0 Å². The molecule has 0 aliphatic heterocycles. The van der Waals surface area contributed by atoms with Crippen molar-refractivity contribution in [3.05, 3.63) is 36.9 Å². The van der Waals surface area contributed by atoms with Gasteiger partial charge in [-0.05, 0) is 41.6 Å². The number of rotatable bonds is 3. The summed E-state index contributed by atoms with van der Waals surface area (Å²) in [5.74, 6) is -0.275. The maximum Gasteiger partial charge on any atom is 0.283 e. The first kappa shape index (κ1) is 12.6. The van der Waals surface area contributed by atoms with Gasteiger partial charge in [-0.25, -0.2) is 0 Å². The lowest BCUT2D eigenvalue weighted by molar-refractivity contribution is -0.385. The van der Waals surface area contributed by atoms with Gasteiger partial charge in [-0.3, -0.25) is 14.9 Å². The van der Waals surface area contributed by atoms with Crippen molar-refractivity contribution in [1.29, 1.82) is 0 Å². The number of carbonyl (C=O) groups is 1. The van der Waals surface area contributed by atoms with Crippen molar-refractivity contribution in [2.75, 3.05) is 5.33 Å². The Kier molecular flexibility index (Phi) is 4.21. The Balaban J connectivity index is 3.46. The molecular weight excluding hydrogens is 377 g/mol. The molecule has 0 aliphatic carbocycles. The van der Waals surface area contributed by atoms with E-state index in [1.807, 2.05) is 22.6 Å². The molecule has 0 aromatic heterocycles. The minimum atomic E-state index is -0.513. The molecule has 4 nitrogen and oxygen atoms in total. The second-order valence-corrected chi connectivity index (χ2v) is 4.74. The number of nitro groups is 1. The molecule has 0 saturated carbocycles. The molecule has 0 spiro atoms. The smallest absolute Gasteiger partial charge is 0.283 e. The van der Waals surface area contributed by atoms with Crippen molar-refractivity contribution >= 4 is 50.0 Å². The molecule has 0 amide bonds. The van der Waals surface area contributed by atoms with Gasteiger partial charge in [0.15, 0.2) is 5.78 Å². The summed E-state index contributed by atoms with van der Waals surface area (Å²) in [5, 5.41) is 10.9. The van der Waals surface area contributed by atoms with Gasteiger partial charge < -0.3 is 0 Å². The topological polar surface area (TPSA) is 60.2 Å². The molecule has 15 heavy (non-hydrogen) atoms. The number of hydrogen-bond donors (Lipinski definition) is 0. The van der Waals surface area contributed by atoms with E-state index < -0.39 is 4.92 Å². The summed E-state index contributed by atoms with van der Waals surface area (Å²) in [6, 6.07) is 3.22. The van der Waals surface area contributed by atoms with Crippen molar-refractivity contribution < 1.29 is 9.72 Å². The Hall–Kier alpha value is -0.500. The second kappa shape index (κ2) is 5.02. The van der Waals surface area contributed by atoms with E-state index >= 15 is 0 Å². The average Bonchev–Trinajstić information content (AvgIpc) is 2.14. The summed E-state index contributed by atoms with van der Waals surface area (Å²) in [7, 11) is 0. The van der Waals surface area contributed by atoms with Gasteiger partial charge in [0.25, 0.3) is 5.69 Å². The van der Waals surface area contributed by atoms with Gasteiger partial charge in [-0.1, -0.05) is 15.9 Å². The lowest BCUT2D eigenvalue weighted by Crippen LogP contribution is -2.07. The van der Waals surface area contributed by atoms with Crippen molar-refractivity contribution in [2.24, 2.45) is 0 Å². The fourth-order valence-electron chi connectivity index (χ4n) is 1.26. The third-order valence-electron chi connectivity index (χ3n) is 1.87. The van der Waals surface area contributed by atoms with E-state index in [0.29, 0.717) is 5.56 Å². The molecule has 0 N–H and O–H groups in total. The molecule has 0 aliphatic rings. The molecule has 0 radical (unpaired) electrons. The normalized spacial score (nSPS) is 10.1. The second-order valence-electron chi connectivity index (χ2n) is 2.93. The molecule has 1 aromatic rings. The van der Waals surface area contributed by atoms with Crippen molar-refractivity contribution in [1.82, 2.24) is 0 Å². The van der Waals surface area contributed by atoms with Gasteiger partial charge in [0.2, 0.25) is 0 Å². The molecule has 80 valence electrons. The Labute approximate surface area is 108 Å². The zero-order chi connectivity index (χ0) is 11.6. The highest BCUT2D eigenvalue weighted by molar-refractivity contribution is 14.1. The van der Waals surface area contributed by atoms with Crippen LogP contribution in [0.5, 0.6) is 0 Å². The maximum atomic E-state index is 11.5. The highest BCUT2D eigenvalue weighted by Crippen LogP contribution is 2.26. The zero-order valence-corrected chi connectivity index (χ0v) is 11.5. The fourth-order valence-corrected chi connectivity index (χ4v) is 2.34. The highest BCUT2D eigenvalue weighted by atomic mass is 127. The first-order chi connectivity index (χ1) is 6.97. The quantitative estimate of drug-likeness (QED) is 0.265. The summed E-state index contributed by atoms with van der Waals surface area (Å²) in [6.07, 6.45) is 0. The molecule has 0 fully saturated rings. The first-order valence-electron chi connectivity index (χ1n) is 4.01. The van der Waals surface area contributed by atoms with Crippen LogP contribution in [0, 0.1) is 20.6 Å². The van der Waals surface area contributed by atoms with E-state index in [9.17, 15) is 14.9 Å². The number of Topliss-reactive ketones (excluding diaryl/α,β-unsaturated/α-hetero) is 1. The van der Waals surface area contributed by atoms with Gasteiger partial charge in [0.05, 0.1) is 15.8 Å². The van der Waals surface area contributed by atoms with Gasteiger partial charge in [0, 0.05) is 9.13 Å². The molecule has 0 atom stereocenters. The number of ketones is 1. The van der Waals surface area contributed by atoms with Crippen molar-refractivity contribution in [3.63, 3.8) is 0 Å². The first-order valence-corrected chi connectivity index (χ1v) is 6.21. The Morgan fingerprint density at radius 3 is 2.67 bits per heavy atom. The summed E-state index contributed by atoms with van der Waals surface area (Å²) in [5.41, 5.74) is 0.581. The Bertz CT molecular complexity index is 434. The summed E-state index contributed by atoms with van der Waals surface area (Å²) in [4.78, 5) is 21.8. The van der Waals surface area contributed by atoms with Crippen molar-refractivity contribution in [3.8, 4) is 0 Å². The summed E-state index contributed by atoms with van der Waals surface area (Å²) >= 11 is 5.04. The maximum absolute atomic E-state index is 11.5. The van der Waals surface area contributed by atoms with Crippen molar-refractivity contribution in [2.45, 2.75) is 6.92 Å². The number of aryl methyl sites for hydroxylation is 1. The number of hydrogen-bond acceptors (Lipinski definition) is 3. The molecule has 0 unspecified atom stereocenters. The molecule has 1 rings (SSSR count). The molecule has 0 bridgehead atoms. The lowest BCUT2D eigenvalue weighted by Gasteiger charge is -2.04. The Morgan fingerprint density at radius 1 is 1.60 bits per heavy atom. The van der Waals surface area contributed by atoms with E-state index in [1.54, 1.807) is 13.0 Å².